The van der Waals surface area contributed by atoms with Gasteiger partial charge in [0.15, 0.2) is 11.5 Å². The largest absolute Gasteiger partial charge is 0.490 e. The van der Waals surface area contributed by atoms with Crippen LogP contribution in [0.1, 0.15) is 12.5 Å². The fraction of sp³-hybridized carbons (Fsp3) is 0.438. The second-order valence-electron chi connectivity index (χ2n) is 10.3. The first kappa shape index (κ1) is 29.7. The van der Waals surface area contributed by atoms with Crippen LogP contribution in [0.25, 0.3) is 0 Å². The maximum absolute atomic E-state index is 11.3. The maximum Gasteiger partial charge on any atom is 0.161 e. The van der Waals surface area contributed by atoms with Gasteiger partial charge in [-0.05, 0) is 48.9 Å². The molecule has 9 heteroatoms. The lowest BCUT2D eigenvalue weighted by Gasteiger charge is -2.35. The van der Waals surface area contributed by atoms with E-state index in [9.17, 15) is 10.2 Å². The van der Waals surface area contributed by atoms with Gasteiger partial charge in [-0.1, -0.05) is 42.1 Å². The molecule has 1 atom stereocenters. The second kappa shape index (κ2) is 14.9. The molecule has 1 saturated heterocycles. The summed E-state index contributed by atoms with van der Waals surface area (Å²) < 4.78 is 17.5. The highest BCUT2D eigenvalue weighted by molar-refractivity contribution is 7.99. The Balaban J connectivity index is 1.23. The first-order valence-electron chi connectivity index (χ1n) is 14.5. The predicted octanol–water partition coefficient (Wildman–Crippen LogP) is 4.25. The van der Waals surface area contributed by atoms with E-state index in [4.69, 9.17) is 14.2 Å². The topological polar surface area (TPSA) is 77.9 Å². The number of hydrogen-bond acceptors (Lipinski definition) is 9. The zero-order valence-electron chi connectivity index (χ0n) is 23.8. The first-order chi connectivity index (χ1) is 20.1. The lowest BCUT2D eigenvalue weighted by Crippen LogP contribution is -2.40. The Morgan fingerprint density at radius 3 is 2.34 bits per heavy atom. The number of rotatable bonds is 14. The van der Waals surface area contributed by atoms with Crippen LogP contribution in [0.2, 0.25) is 0 Å². The number of β-amino-alcohol motifs (C(OH)–C–C–N with tert-alkyl or cyclic N) is 1. The lowest BCUT2D eigenvalue weighted by atomic mass is 10.1. The number of fused-ring (bicyclic) bond motifs is 2. The Hall–Kier alpha value is -2.79. The van der Waals surface area contributed by atoms with E-state index in [1.807, 2.05) is 49.4 Å². The van der Waals surface area contributed by atoms with Crippen LogP contribution in [0.3, 0.4) is 0 Å². The third-order valence-corrected chi connectivity index (χ3v) is 8.42. The Labute approximate surface area is 247 Å². The number of anilines is 2. The third kappa shape index (κ3) is 7.94. The fourth-order valence-corrected chi connectivity index (χ4v) is 6.42. The van der Waals surface area contributed by atoms with Gasteiger partial charge in [-0.3, -0.25) is 9.80 Å². The van der Waals surface area contributed by atoms with E-state index in [1.54, 1.807) is 11.8 Å². The minimum absolute atomic E-state index is 0.0137. The van der Waals surface area contributed by atoms with E-state index >= 15 is 0 Å². The molecule has 41 heavy (non-hydrogen) atoms. The molecule has 0 spiro atoms. The van der Waals surface area contributed by atoms with E-state index in [0.717, 1.165) is 61.3 Å². The van der Waals surface area contributed by atoms with Gasteiger partial charge in [-0.25, -0.2) is 0 Å². The minimum Gasteiger partial charge on any atom is -0.490 e. The van der Waals surface area contributed by atoms with E-state index in [0.29, 0.717) is 39.4 Å². The Morgan fingerprint density at radius 1 is 0.951 bits per heavy atom. The van der Waals surface area contributed by atoms with Crippen molar-refractivity contribution in [2.75, 3.05) is 77.2 Å². The molecule has 0 bridgehead atoms. The number of nitrogens with zero attached hydrogens (tertiary/aromatic N) is 3. The van der Waals surface area contributed by atoms with Crippen molar-refractivity contribution in [2.24, 2.45) is 0 Å². The van der Waals surface area contributed by atoms with Crippen molar-refractivity contribution in [3.05, 3.63) is 72.3 Å². The zero-order valence-corrected chi connectivity index (χ0v) is 24.6. The van der Waals surface area contributed by atoms with Crippen molar-refractivity contribution in [3.8, 4) is 11.5 Å². The van der Waals surface area contributed by atoms with Crippen LogP contribution in [0, 0.1) is 0 Å². The Kier molecular flexibility index (Phi) is 10.8. The van der Waals surface area contributed by atoms with Crippen LogP contribution < -0.4 is 14.4 Å². The van der Waals surface area contributed by atoms with Crippen LogP contribution in [0.4, 0.5) is 11.4 Å². The van der Waals surface area contributed by atoms with Crippen molar-refractivity contribution in [1.29, 1.82) is 0 Å². The Bertz CT molecular complexity index is 1210. The van der Waals surface area contributed by atoms with Gasteiger partial charge < -0.3 is 29.3 Å². The molecule has 0 radical (unpaired) electrons. The summed E-state index contributed by atoms with van der Waals surface area (Å²) in [6, 6.07) is 22.7. The Morgan fingerprint density at radius 2 is 1.66 bits per heavy atom. The van der Waals surface area contributed by atoms with Crippen LogP contribution in [-0.2, 0) is 11.3 Å². The molecule has 0 aromatic heterocycles. The molecule has 220 valence electrons. The molecule has 0 amide bonds. The molecule has 0 aliphatic carbocycles. The van der Waals surface area contributed by atoms with Gasteiger partial charge in [0.2, 0.25) is 0 Å². The van der Waals surface area contributed by atoms with Crippen LogP contribution in [0.15, 0.2) is 76.5 Å². The molecule has 2 aliphatic rings. The van der Waals surface area contributed by atoms with Crippen molar-refractivity contribution in [3.63, 3.8) is 0 Å². The molecule has 2 aliphatic heterocycles. The number of para-hydroxylation sites is 2. The monoisotopic (exact) mass is 579 g/mol. The summed E-state index contributed by atoms with van der Waals surface area (Å²) in [6.07, 6.45) is -0.625. The average molecular weight is 580 g/mol. The maximum atomic E-state index is 11.3. The summed E-state index contributed by atoms with van der Waals surface area (Å²) in [5.74, 6) is 1.45. The molecule has 2 N–H and O–H groups in total. The molecular weight excluding hydrogens is 538 g/mol. The molecule has 0 saturated carbocycles. The minimum atomic E-state index is -0.625. The summed E-state index contributed by atoms with van der Waals surface area (Å²) in [7, 11) is 0. The third-order valence-electron chi connectivity index (χ3n) is 7.29. The standard InChI is InChI=1S/C32H41N3O5S/c1-2-39-30-21-25(11-12-29(30)40-20-16-33-14-18-38-19-15-33)22-34(13-17-36)23-26(37)24-35-27-7-3-5-9-31(27)41-32-10-6-4-8-28(32)35/h3-12,21,26,36-37H,2,13-20,22-24H2,1H3/t26-/m0/s1. The van der Waals surface area contributed by atoms with Crippen LogP contribution in [0.5, 0.6) is 11.5 Å². The fourth-order valence-electron chi connectivity index (χ4n) is 5.33. The SMILES string of the molecule is CCOc1cc(CN(CCO)C[C@H](O)CN2c3ccccc3Sc3ccccc32)ccc1OCCN1CCOCC1. The van der Waals surface area contributed by atoms with Crippen molar-refractivity contribution < 1.29 is 24.4 Å². The molecule has 3 aromatic rings. The van der Waals surface area contributed by atoms with Gasteiger partial charge in [0.1, 0.15) is 6.61 Å². The van der Waals surface area contributed by atoms with E-state index in [-0.39, 0.29) is 6.61 Å². The summed E-state index contributed by atoms with van der Waals surface area (Å²) in [6.45, 7) is 9.29. The van der Waals surface area contributed by atoms with Gasteiger partial charge in [-0.2, -0.15) is 0 Å². The highest BCUT2D eigenvalue weighted by Crippen LogP contribution is 2.47. The molecule has 5 rings (SSSR count). The predicted molar refractivity (Wildman–Crippen MR) is 163 cm³/mol. The van der Waals surface area contributed by atoms with Crippen molar-refractivity contribution in [1.82, 2.24) is 9.80 Å². The smallest absolute Gasteiger partial charge is 0.161 e. The van der Waals surface area contributed by atoms with E-state index < -0.39 is 6.10 Å². The average Bonchev–Trinajstić information content (AvgIpc) is 2.99. The highest BCUT2D eigenvalue weighted by Gasteiger charge is 2.25. The number of ether oxygens (including phenoxy) is 3. The summed E-state index contributed by atoms with van der Waals surface area (Å²) in [4.78, 5) is 9.00. The van der Waals surface area contributed by atoms with Crippen molar-refractivity contribution >= 4 is 23.1 Å². The summed E-state index contributed by atoms with van der Waals surface area (Å²) >= 11 is 1.76. The van der Waals surface area contributed by atoms with Crippen LogP contribution >= 0.6 is 11.8 Å². The molecule has 3 aromatic carbocycles. The molecular formula is C32H41N3O5S. The molecule has 2 heterocycles. The highest BCUT2D eigenvalue weighted by atomic mass is 32.2. The molecule has 8 nitrogen and oxygen atoms in total. The van der Waals surface area contributed by atoms with Gasteiger partial charge >= 0.3 is 0 Å². The number of benzene rings is 3. The number of aliphatic hydroxyl groups is 2. The normalized spacial score (nSPS) is 15.9. The second-order valence-corrected chi connectivity index (χ2v) is 11.4. The van der Waals surface area contributed by atoms with Crippen LogP contribution in [-0.4, -0.2) is 98.4 Å². The number of hydrogen-bond donors (Lipinski definition) is 2. The summed E-state index contributed by atoms with van der Waals surface area (Å²) in [5.41, 5.74) is 3.25. The first-order valence-corrected chi connectivity index (χ1v) is 15.3. The van der Waals surface area contributed by atoms with Gasteiger partial charge in [0.05, 0.1) is 50.5 Å². The zero-order chi connectivity index (χ0) is 28.4. The van der Waals surface area contributed by atoms with E-state index in [1.165, 1.54) is 9.79 Å². The van der Waals surface area contributed by atoms with E-state index in [2.05, 4.69) is 39.0 Å². The lowest BCUT2D eigenvalue weighted by molar-refractivity contribution is 0.0320. The van der Waals surface area contributed by atoms with Gasteiger partial charge in [0.25, 0.3) is 0 Å². The van der Waals surface area contributed by atoms with Gasteiger partial charge in [-0.15, -0.1) is 0 Å². The van der Waals surface area contributed by atoms with Gasteiger partial charge in [0, 0.05) is 49.1 Å². The molecule has 0 unspecified atom stereocenters. The molecule has 1 fully saturated rings. The van der Waals surface area contributed by atoms with Crippen molar-refractivity contribution in [2.45, 2.75) is 29.4 Å². The summed E-state index contributed by atoms with van der Waals surface area (Å²) in [5, 5.41) is 21.1. The number of morpholine rings is 1. The quantitative estimate of drug-likeness (QED) is 0.291. The number of aliphatic hydroxyl groups excluding tert-OH is 2.